The van der Waals surface area contributed by atoms with Gasteiger partial charge in [-0.1, -0.05) is 37.1 Å². The van der Waals surface area contributed by atoms with E-state index in [-0.39, 0.29) is 5.91 Å². The molecule has 2 aromatic rings. The Kier molecular flexibility index (Phi) is 5.36. The SMILES string of the molecule is O=C(CSc1nnnn1Cc1cccs1)N1CC[C@H]2CCCC[C@@H]2C1. The summed E-state index contributed by atoms with van der Waals surface area (Å²) in [4.78, 5) is 15.9. The molecule has 0 bridgehead atoms. The second kappa shape index (κ2) is 7.86. The van der Waals surface area contributed by atoms with Crippen molar-refractivity contribution in [2.75, 3.05) is 18.8 Å². The second-order valence-electron chi connectivity index (χ2n) is 6.92. The summed E-state index contributed by atoms with van der Waals surface area (Å²) in [5, 5.41) is 14.7. The molecule has 134 valence electrons. The summed E-state index contributed by atoms with van der Waals surface area (Å²) in [6, 6.07) is 4.09. The van der Waals surface area contributed by atoms with Crippen molar-refractivity contribution in [2.45, 2.75) is 43.8 Å². The third kappa shape index (κ3) is 4.06. The van der Waals surface area contributed by atoms with Crippen LogP contribution < -0.4 is 0 Å². The number of carbonyl (C=O) groups is 1. The molecule has 0 unspecified atom stereocenters. The van der Waals surface area contributed by atoms with Crippen molar-refractivity contribution in [2.24, 2.45) is 11.8 Å². The van der Waals surface area contributed by atoms with Crippen molar-refractivity contribution in [1.82, 2.24) is 25.1 Å². The predicted octanol–water partition coefficient (Wildman–Crippen LogP) is 2.91. The average Bonchev–Trinajstić information content (AvgIpc) is 3.32. The van der Waals surface area contributed by atoms with Crippen LogP contribution in [0.15, 0.2) is 22.7 Å². The zero-order valence-electron chi connectivity index (χ0n) is 14.2. The maximum absolute atomic E-state index is 12.6. The smallest absolute Gasteiger partial charge is 0.233 e. The zero-order chi connectivity index (χ0) is 17.1. The molecule has 1 saturated heterocycles. The number of hydrogen-bond donors (Lipinski definition) is 0. The molecule has 3 heterocycles. The van der Waals surface area contributed by atoms with Gasteiger partial charge < -0.3 is 4.90 Å². The van der Waals surface area contributed by atoms with Crippen LogP contribution in [0.4, 0.5) is 0 Å². The molecular weight excluding hydrogens is 354 g/mol. The van der Waals surface area contributed by atoms with Gasteiger partial charge in [0.2, 0.25) is 11.1 Å². The highest BCUT2D eigenvalue weighted by molar-refractivity contribution is 7.99. The number of hydrogen-bond acceptors (Lipinski definition) is 6. The lowest BCUT2D eigenvalue weighted by Crippen LogP contribution is -2.45. The van der Waals surface area contributed by atoms with E-state index in [4.69, 9.17) is 0 Å². The largest absolute Gasteiger partial charge is 0.342 e. The first-order valence-corrected chi connectivity index (χ1v) is 10.9. The number of fused-ring (bicyclic) bond motifs is 1. The number of nitrogens with zero attached hydrogens (tertiary/aromatic N) is 5. The minimum atomic E-state index is 0.222. The Morgan fingerprint density at radius 1 is 1.28 bits per heavy atom. The van der Waals surface area contributed by atoms with Crippen molar-refractivity contribution >= 4 is 29.0 Å². The van der Waals surface area contributed by atoms with E-state index in [9.17, 15) is 4.79 Å². The number of carbonyl (C=O) groups excluding carboxylic acids is 1. The van der Waals surface area contributed by atoms with Crippen molar-refractivity contribution in [3.63, 3.8) is 0 Å². The first-order chi connectivity index (χ1) is 12.3. The predicted molar refractivity (Wildman–Crippen MR) is 98.6 cm³/mol. The number of aromatic nitrogens is 4. The minimum absolute atomic E-state index is 0.222. The summed E-state index contributed by atoms with van der Waals surface area (Å²) < 4.78 is 1.77. The first-order valence-electron chi connectivity index (χ1n) is 8.99. The van der Waals surface area contributed by atoms with Crippen LogP contribution >= 0.6 is 23.1 Å². The van der Waals surface area contributed by atoms with Gasteiger partial charge in [0.1, 0.15) is 0 Å². The molecule has 25 heavy (non-hydrogen) atoms. The van der Waals surface area contributed by atoms with Crippen LogP contribution in [0.25, 0.3) is 0 Å². The summed E-state index contributed by atoms with van der Waals surface area (Å²) in [5.74, 6) is 2.21. The number of piperidine rings is 1. The van der Waals surface area contributed by atoms with Crippen molar-refractivity contribution in [3.05, 3.63) is 22.4 Å². The van der Waals surface area contributed by atoms with Gasteiger partial charge in [0, 0.05) is 18.0 Å². The summed E-state index contributed by atoms with van der Waals surface area (Å²) in [6.45, 7) is 2.53. The lowest BCUT2D eigenvalue weighted by molar-refractivity contribution is -0.131. The van der Waals surface area contributed by atoms with Crippen LogP contribution in [0.1, 0.15) is 37.0 Å². The van der Waals surface area contributed by atoms with E-state index in [0.29, 0.717) is 17.5 Å². The maximum Gasteiger partial charge on any atom is 0.233 e. The molecule has 1 aliphatic carbocycles. The molecule has 2 fully saturated rings. The van der Waals surface area contributed by atoms with E-state index in [2.05, 4.69) is 26.5 Å². The van der Waals surface area contributed by atoms with E-state index in [0.717, 1.165) is 24.9 Å². The van der Waals surface area contributed by atoms with Gasteiger partial charge in [-0.3, -0.25) is 4.79 Å². The minimum Gasteiger partial charge on any atom is -0.342 e. The molecular formula is C17H23N5OS2. The molecule has 2 aliphatic rings. The average molecular weight is 378 g/mol. The molecule has 1 amide bonds. The number of rotatable bonds is 5. The van der Waals surface area contributed by atoms with Crippen LogP contribution in [-0.4, -0.2) is 49.9 Å². The number of tetrazole rings is 1. The Morgan fingerprint density at radius 3 is 3.00 bits per heavy atom. The molecule has 1 saturated carbocycles. The van der Waals surface area contributed by atoms with E-state index in [1.54, 1.807) is 16.0 Å². The third-order valence-corrected chi connectivity index (χ3v) is 7.16. The van der Waals surface area contributed by atoms with Gasteiger partial charge in [0.05, 0.1) is 12.3 Å². The van der Waals surface area contributed by atoms with Crippen LogP contribution in [0.3, 0.4) is 0 Å². The molecule has 0 N–H and O–H groups in total. The lowest BCUT2D eigenvalue weighted by Gasteiger charge is -2.41. The molecule has 8 heteroatoms. The van der Waals surface area contributed by atoms with Gasteiger partial charge in [-0.2, -0.15) is 0 Å². The Balaban J connectivity index is 1.31. The van der Waals surface area contributed by atoms with E-state index >= 15 is 0 Å². The number of likely N-dealkylation sites (tertiary alicyclic amines) is 1. The Hall–Kier alpha value is -1.41. The van der Waals surface area contributed by atoms with Crippen molar-refractivity contribution in [3.8, 4) is 0 Å². The fourth-order valence-corrected chi connectivity index (χ4v) is 5.46. The van der Waals surface area contributed by atoms with E-state index < -0.39 is 0 Å². The second-order valence-corrected chi connectivity index (χ2v) is 8.89. The van der Waals surface area contributed by atoms with Crippen LogP contribution in [0, 0.1) is 11.8 Å². The quantitative estimate of drug-likeness (QED) is 0.750. The third-order valence-electron chi connectivity index (χ3n) is 5.35. The number of thioether (sulfide) groups is 1. The van der Waals surface area contributed by atoms with E-state index in [1.807, 2.05) is 11.4 Å². The molecule has 4 rings (SSSR count). The van der Waals surface area contributed by atoms with Crippen LogP contribution in [-0.2, 0) is 11.3 Å². The van der Waals surface area contributed by atoms with E-state index in [1.165, 1.54) is 48.7 Å². The van der Waals surface area contributed by atoms with Crippen LogP contribution in [0.2, 0.25) is 0 Å². The Morgan fingerprint density at radius 2 is 2.16 bits per heavy atom. The topological polar surface area (TPSA) is 63.9 Å². The molecule has 2 aromatic heterocycles. The maximum atomic E-state index is 12.6. The highest BCUT2D eigenvalue weighted by atomic mass is 32.2. The monoisotopic (exact) mass is 377 g/mol. The Bertz CT molecular complexity index is 702. The van der Waals surface area contributed by atoms with Gasteiger partial charge in [-0.15, -0.1) is 16.4 Å². The van der Waals surface area contributed by atoms with Gasteiger partial charge in [0.25, 0.3) is 0 Å². The highest BCUT2D eigenvalue weighted by Crippen LogP contribution is 2.36. The fourth-order valence-electron chi connectivity index (χ4n) is 3.99. The van der Waals surface area contributed by atoms with Crippen molar-refractivity contribution in [1.29, 1.82) is 0 Å². The van der Waals surface area contributed by atoms with Crippen molar-refractivity contribution < 1.29 is 4.79 Å². The molecule has 6 nitrogen and oxygen atoms in total. The highest BCUT2D eigenvalue weighted by Gasteiger charge is 2.32. The summed E-state index contributed by atoms with van der Waals surface area (Å²) in [5.41, 5.74) is 0. The normalized spacial score (nSPS) is 23.4. The number of amides is 1. The van der Waals surface area contributed by atoms with Gasteiger partial charge in [0.15, 0.2) is 0 Å². The first kappa shape index (κ1) is 17.0. The summed E-state index contributed by atoms with van der Waals surface area (Å²) >= 11 is 3.13. The van der Waals surface area contributed by atoms with Crippen LogP contribution in [0.5, 0.6) is 0 Å². The van der Waals surface area contributed by atoms with Gasteiger partial charge >= 0.3 is 0 Å². The Labute approximate surface area is 156 Å². The zero-order valence-corrected chi connectivity index (χ0v) is 15.8. The molecule has 2 atom stereocenters. The standard InChI is InChI=1S/C17H23N5OS2/c23-16(21-8-7-13-4-1-2-5-14(13)10-21)12-25-17-18-19-20-22(17)11-15-6-3-9-24-15/h3,6,9,13-14H,1-2,4-5,7-8,10-12H2/t13-,14-/m1/s1. The molecule has 0 spiro atoms. The van der Waals surface area contributed by atoms with Gasteiger partial charge in [-0.25, -0.2) is 4.68 Å². The van der Waals surface area contributed by atoms with Gasteiger partial charge in [-0.05, 0) is 46.6 Å². The molecule has 1 aliphatic heterocycles. The summed E-state index contributed by atoms with van der Waals surface area (Å²) in [6.07, 6.45) is 6.53. The lowest BCUT2D eigenvalue weighted by atomic mass is 9.75. The molecule has 0 aromatic carbocycles. The molecule has 0 radical (unpaired) electrons. The fraction of sp³-hybridized carbons (Fsp3) is 0.647. The summed E-state index contributed by atoms with van der Waals surface area (Å²) in [7, 11) is 0. The number of thiophene rings is 1.